The molecule has 0 radical (unpaired) electrons. The van der Waals surface area contributed by atoms with Gasteiger partial charge in [0.1, 0.15) is 0 Å². The topological polar surface area (TPSA) is 82.1 Å². The van der Waals surface area contributed by atoms with E-state index in [4.69, 9.17) is 14.0 Å². The second kappa shape index (κ2) is 23.5. The molecule has 0 amide bonds. The van der Waals surface area contributed by atoms with Crippen molar-refractivity contribution in [2.75, 3.05) is 33.0 Å². The van der Waals surface area contributed by atoms with Crippen molar-refractivity contribution in [3.63, 3.8) is 0 Å². The Bertz CT molecular complexity index is 427. The zero-order chi connectivity index (χ0) is 22.2. The molecule has 0 saturated heterocycles. The first-order valence-corrected chi connectivity index (χ1v) is 13.7. The molecule has 0 spiro atoms. The van der Waals surface area contributed by atoms with Crippen molar-refractivity contribution in [3.8, 4) is 0 Å². The highest BCUT2D eigenvalue weighted by atomic mass is 32.3. The van der Waals surface area contributed by atoms with Crippen LogP contribution in [0.2, 0.25) is 0 Å². The van der Waals surface area contributed by atoms with Gasteiger partial charge in [0.05, 0.1) is 26.4 Å². The maximum Gasteiger partial charge on any atom is 0.397 e. The second-order valence-electron chi connectivity index (χ2n) is 8.13. The van der Waals surface area contributed by atoms with Crippen LogP contribution in [0.25, 0.3) is 0 Å². The Balaban J connectivity index is 3.03. The second-order valence-corrected chi connectivity index (χ2v) is 9.22. The molecule has 0 heterocycles. The molecule has 0 fully saturated rings. The van der Waals surface area contributed by atoms with E-state index in [0.29, 0.717) is 13.2 Å². The average Bonchev–Trinajstić information content (AvgIpc) is 2.70. The zero-order valence-electron chi connectivity index (χ0n) is 19.5. The minimum absolute atomic E-state index is 0.113. The summed E-state index contributed by atoms with van der Waals surface area (Å²) in [5.74, 6) is 0. The lowest BCUT2D eigenvalue weighted by Crippen LogP contribution is -2.12. The standard InChI is InChI=1S/C23H48O6S/c1-2-3-4-5-6-7-8-9-10-11-12-13-14-15-16-17-18-19-27-20-21-28-22-23-29-30(24,25)26/h2-23H2,1H3,(H,24,25,26). The van der Waals surface area contributed by atoms with E-state index < -0.39 is 10.4 Å². The van der Waals surface area contributed by atoms with Gasteiger partial charge in [0.25, 0.3) is 0 Å². The predicted molar refractivity (Wildman–Crippen MR) is 123 cm³/mol. The van der Waals surface area contributed by atoms with E-state index in [0.717, 1.165) is 13.0 Å². The van der Waals surface area contributed by atoms with Crippen LogP contribution in [0, 0.1) is 0 Å². The first-order valence-electron chi connectivity index (χ1n) is 12.3. The fourth-order valence-corrected chi connectivity index (χ4v) is 3.73. The van der Waals surface area contributed by atoms with Gasteiger partial charge in [0.2, 0.25) is 0 Å². The molecular formula is C23H48O6S. The number of ether oxygens (including phenoxy) is 2. The van der Waals surface area contributed by atoms with Crippen LogP contribution in [0.3, 0.4) is 0 Å². The lowest BCUT2D eigenvalue weighted by molar-refractivity contribution is 0.0346. The minimum Gasteiger partial charge on any atom is -0.379 e. The summed E-state index contributed by atoms with van der Waals surface area (Å²) in [5.41, 5.74) is 0. The van der Waals surface area contributed by atoms with Gasteiger partial charge in [-0.05, 0) is 6.42 Å². The van der Waals surface area contributed by atoms with Crippen molar-refractivity contribution in [2.24, 2.45) is 0 Å². The van der Waals surface area contributed by atoms with Gasteiger partial charge in [0.15, 0.2) is 0 Å². The van der Waals surface area contributed by atoms with E-state index in [-0.39, 0.29) is 13.2 Å². The molecule has 0 aromatic rings. The molecule has 0 saturated carbocycles. The number of unbranched alkanes of at least 4 members (excludes halogenated alkanes) is 16. The smallest absolute Gasteiger partial charge is 0.379 e. The third-order valence-electron chi connectivity index (χ3n) is 5.22. The molecule has 0 aliphatic rings. The number of hydrogen-bond acceptors (Lipinski definition) is 5. The highest BCUT2D eigenvalue weighted by Gasteiger charge is 2.02. The Morgan fingerprint density at radius 2 is 0.833 bits per heavy atom. The van der Waals surface area contributed by atoms with Crippen LogP contribution in [0.15, 0.2) is 0 Å². The minimum atomic E-state index is -4.36. The Kier molecular flexibility index (Phi) is 23.3. The molecule has 0 unspecified atom stereocenters. The number of rotatable bonds is 25. The third kappa shape index (κ3) is 27.8. The Labute approximate surface area is 186 Å². The molecule has 0 aliphatic carbocycles. The summed E-state index contributed by atoms with van der Waals surface area (Å²) in [4.78, 5) is 0. The summed E-state index contributed by atoms with van der Waals surface area (Å²) < 4.78 is 43.7. The van der Waals surface area contributed by atoms with Crippen molar-refractivity contribution < 1.29 is 26.6 Å². The fraction of sp³-hybridized carbons (Fsp3) is 1.00. The van der Waals surface area contributed by atoms with Crippen molar-refractivity contribution in [1.29, 1.82) is 0 Å². The summed E-state index contributed by atoms with van der Waals surface area (Å²) in [6.07, 6.45) is 23.2. The maximum absolute atomic E-state index is 10.3. The van der Waals surface area contributed by atoms with Gasteiger partial charge in [-0.2, -0.15) is 8.42 Å². The summed E-state index contributed by atoms with van der Waals surface area (Å²) in [5, 5.41) is 0. The molecule has 1 N–H and O–H groups in total. The van der Waals surface area contributed by atoms with Crippen molar-refractivity contribution in [1.82, 2.24) is 0 Å². The van der Waals surface area contributed by atoms with E-state index in [9.17, 15) is 8.42 Å². The van der Waals surface area contributed by atoms with Crippen LogP contribution in [0.4, 0.5) is 0 Å². The van der Waals surface area contributed by atoms with Gasteiger partial charge in [-0.15, -0.1) is 0 Å². The molecule has 6 nitrogen and oxygen atoms in total. The zero-order valence-corrected chi connectivity index (χ0v) is 20.3. The molecule has 0 aromatic heterocycles. The predicted octanol–water partition coefficient (Wildman–Crippen LogP) is 6.49. The highest BCUT2D eigenvalue weighted by molar-refractivity contribution is 7.80. The van der Waals surface area contributed by atoms with E-state index in [1.54, 1.807) is 0 Å². The highest BCUT2D eigenvalue weighted by Crippen LogP contribution is 2.14. The van der Waals surface area contributed by atoms with Crippen molar-refractivity contribution in [3.05, 3.63) is 0 Å². The molecule has 7 heteroatoms. The third-order valence-corrected chi connectivity index (χ3v) is 5.69. The summed E-state index contributed by atoms with van der Waals surface area (Å²) in [6, 6.07) is 0. The van der Waals surface area contributed by atoms with Gasteiger partial charge in [-0.3, -0.25) is 4.55 Å². The number of hydrogen-bond donors (Lipinski definition) is 1. The lowest BCUT2D eigenvalue weighted by Gasteiger charge is -2.06. The van der Waals surface area contributed by atoms with Crippen LogP contribution in [-0.2, 0) is 24.1 Å². The van der Waals surface area contributed by atoms with Gasteiger partial charge in [-0.25, -0.2) is 4.18 Å². The summed E-state index contributed by atoms with van der Waals surface area (Å²) >= 11 is 0. The molecule has 182 valence electrons. The normalized spacial score (nSPS) is 11.9. The Morgan fingerprint density at radius 3 is 1.23 bits per heavy atom. The average molecular weight is 453 g/mol. The van der Waals surface area contributed by atoms with Crippen LogP contribution in [0.1, 0.15) is 116 Å². The SMILES string of the molecule is CCCCCCCCCCCCCCCCCCCOCCOCCOS(=O)(=O)O. The molecule has 0 aromatic carbocycles. The first-order chi connectivity index (χ1) is 14.6. The van der Waals surface area contributed by atoms with Gasteiger partial charge in [0, 0.05) is 6.61 Å². The largest absolute Gasteiger partial charge is 0.397 e. The quantitative estimate of drug-likeness (QED) is 0.126. The maximum atomic E-state index is 10.3. The molecule has 0 atom stereocenters. The van der Waals surface area contributed by atoms with Crippen LogP contribution < -0.4 is 0 Å². The van der Waals surface area contributed by atoms with Crippen LogP contribution >= 0.6 is 0 Å². The van der Waals surface area contributed by atoms with Gasteiger partial charge < -0.3 is 9.47 Å². The fourth-order valence-electron chi connectivity index (χ4n) is 3.45. The van der Waals surface area contributed by atoms with E-state index in [2.05, 4.69) is 11.1 Å². The monoisotopic (exact) mass is 452 g/mol. The molecule has 0 bridgehead atoms. The van der Waals surface area contributed by atoms with Crippen molar-refractivity contribution >= 4 is 10.4 Å². The van der Waals surface area contributed by atoms with Gasteiger partial charge >= 0.3 is 10.4 Å². The molecule has 0 aliphatic heterocycles. The first kappa shape index (κ1) is 29.8. The Morgan fingerprint density at radius 1 is 0.500 bits per heavy atom. The molecule has 30 heavy (non-hydrogen) atoms. The van der Waals surface area contributed by atoms with Crippen LogP contribution in [0.5, 0.6) is 0 Å². The lowest BCUT2D eigenvalue weighted by atomic mass is 10.0. The van der Waals surface area contributed by atoms with E-state index >= 15 is 0 Å². The molecule has 0 rings (SSSR count). The molecular weight excluding hydrogens is 404 g/mol. The summed E-state index contributed by atoms with van der Waals surface area (Å²) in [6.45, 7) is 3.83. The van der Waals surface area contributed by atoms with Gasteiger partial charge in [-0.1, -0.05) is 110 Å². The van der Waals surface area contributed by atoms with E-state index in [1.807, 2.05) is 0 Å². The van der Waals surface area contributed by atoms with E-state index in [1.165, 1.54) is 103 Å². The summed E-state index contributed by atoms with van der Waals surface area (Å²) in [7, 11) is -4.36. The van der Waals surface area contributed by atoms with Crippen LogP contribution in [-0.4, -0.2) is 46.0 Å². The Hall–Kier alpha value is -0.210. The van der Waals surface area contributed by atoms with Crippen molar-refractivity contribution in [2.45, 2.75) is 116 Å².